The van der Waals surface area contributed by atoms with E-state index < -0.39 is 20.6 Å². The van der Waals surface area contributed by atoms with Crippen molar-refractivity contribution in [3.63, 3.8) is 0 Å². The highest BCUT2D eigenvalue weighted by Crippen LogP contribution is 2.69. The summed E-state index contributed by atoms with van der Waals surface area (Å²) in [4.78, 5) is 50.5. The normalized spacial score (nSPS) is 33.3. The number of aliphatic hydroxyl groups excluding tert-OH is 3. The minimum Gasteiger partial charge on any atom is -0.462 e. The first-order valence-corrected chi connectivity index (χ1v) is 38.9. The zero-order valence-corrected chi connectivity index (χ0v) is 63.4. The molecule has 0 aromatic heterocycles. The van der Waals surface area contributed by atoms with Gasteiger partial charge in [0.25, 0.3) is 8.53 Å². The third-order valence-corrected chi connectivity index (χ3v) is 27.3. The van der Waals surface area contributed by atoms with Crippen LogP contribution in [0.2, 0.25) is 0 Å². The first-order chi connectivity index (χ1) is 47.0. The SMILES string of the molecule is [2H]CC(CO)NC(=O)CCC(=O)O[C@H]1CC[C@@]2(C)C(=CCC3C2CC[C@@]2(C)C3CC[C@@H]2[C@H](C)CCCC(C)C)C1.[2H]CC(COP(OCCC#N)N(C(C)C)C(C)C)NC(=O)CCC(=O)O[C@H]1CC[C@@]2(C)C(=CCC3C2CC[C@@]2(C)C3CC[C@@H]2[C@H](C)CCCC(C)C)C1.[3H]OC.[3H]OC. The lowest BCUT2D eigenvalue weighted by atomic mass is 9.47. The van der Waals surface area contributed by atoms with Gasteiger partial charge in [0.15, 0.2) is 0 Å². The zero-order valence-electron chi connectivity index (χ0n) is 66.5. The first-order valence-electron chi connectivity index (χ1n) is 40.0. The standard InChI is InChI=1S/C43H74N3O5P.C34H57NO4.2CH4O/c1-29(2)13-11-14-32(7)37-17-18-38-36-16-15-34-27-35(21-23-42(34,9)39(36)22-24-43(37,38)10)51-41(48)20-19-40(47)45-33(8)28-50-52(49-26-12-25-44)46(30(3)4)31(5)6;1-22(2)8-7-9-23(3)28-12-13-29-27-11-10-25-20-26(39-32(38)15-14-31(37)35-24(4)21-36)16-18-33(25,5)30(27)17-19-34(28,29)6;2*1-2/h15,29-33,35-39H,11-14,16-24,26-28H2,1-10H3,(H,45,47);10,22-24,26-30,36H,7-9,11-21H2,1-6H3,(H,35,37);2*2H,1H3/t32-,33?,35+,36?,37-,38?,39?,42+,43-,52?;23-,24?,26+,27?,28-,29?,30?,33+,34-;;/m11../s1/i8D;4D;2*2T. The number of aliphatic hydroxyl groups is 3. The van der Waals surface area contributed by atoms with Crippen molar-refractivity contribution in [3.8, 4) is 6.07 Å². The maximum absolute atomic E-state index is 13.0. The van der Waals surface area contributed by atoms with Crippen LogP contribution in [0.25, 0.3) is 0 Å². The summed E-state index contributed by atoms with van der Waals surface area (Å²) in [6.45, 7) is 33.0. The van der Waals surface area contributed by atoms with Crippen molar-refractivity contribution < 1.29 is 55.8 Å². The molecule has 0 bridgehead atoms. The van der Waals surface area contributed by atoms with E-state index in [1.807, 2.05) is 0 Å². The van der Waals surface area contributed by atoms with E-state index in [0.29, 0.717) is 10.8 Å². The summed E-state index contributed by atoms with van der Waals surface area (Å²) in [7, 11) is 1.12. The molecular formula is C79H139N4O11P. The minimum absolute atomic E-state index is 0.0151. The van der Waals surface area contributed by atoms with Gasteiger partial charge in [0.2, 0.25) is 14.7 Å². The van der Waals surface area contributed by atoms with Gasteiger partial charge in [0, 0.05) is 66.8 Å². The van der Waals surface area contributed by atoms with Gasteiger partial charge in [-0.05, 0) is 224 Å². The number of hydrogen-bond donors (Lipinski definition) is 5. The Labute approximate surface area is 585 Å². The third kappa shape index (κ3) is 21.5. The molecule has 0 saturated heterocycles. The van der Waals surface area contributed by atoms with Crippen LogP contribution < -0.4 is 10.6 Å². The van der Waals surface area contributed by atoms with Crippen molar-refractivity contribution in [3.05, 3.63) is 23.3 Å². The van der Waals surface area contributed by atoms with E-state index in [0.717, 1.165) is 110 Å². The molecule has 19 atom stereocenters. The summed E-state index contributed by atoms with van der Waals surface area (Å²) < 4.78 is 52.8. The number of fused-ring (bicyclic) bond motifs is 10. The predicted octanol–water partition coefficient (Wildman–Crippen LogP) is 17.0. The summed E-state index contributed by atoms with van der Waals surface area (Å²) in [6.07, 6.45) is 32.4. The highest BCUT2D eigenvalue weighted by molar-refractivity contribution is 7.44. The number of nitrogens with zero attached hydrogens (tertiary/aromatic N) is 2. The average Bonchev–Trinajstić information content (AvgIpc) is 1.70. The van der Waals surface area contributed by atoms with Crippen LogP contribution >= 0.6 is 8.53 Å². The Bertz CT molecular complexity index is 2560. The van der Waals surface area contributed by atoms with Gasteiger partial charge < -0.3 is 44.5 Å². The van der Waals surface area contributed by atoms with Crippen molar-refractivity contribution in [1.29, 1.82) is 8.12 Å². The Morgan fingerprint density at radius 2 is 1.06 bits per heavy atom. The van der Waals surface area contributed by atoms with Gasteiger partial charge in [-0.15, -0.1) is 0 Å². The lowest BCUT2D eigenvalue weighted by molar-refractivity contribution is -0.153. The van der Waals surface area contributed by atoms with Crippen molar-refractivity contribution >= 4 is 32.3 Å². The van der Waals surface area contributed by atoms with Crippen LogP contribution in [-0.2, 0) is 37.7 Å². The molecule has 0 aliphatic heterocycles. The van der Waals surface area contributed by atoms with Crippen molar-refractivity contribution in [2.75, 3.05) is 34.0 Å². The Kier molecular flexibility index (Phi) is 31.1. The highest BCUT2D eigenvalue weighted by Gasteiger charge is 2.61. The van der Waals surface area contributed by atoms with Crippen LogP contribution in [0.5, 0.6) is 0 Å². The van der Waals surface area contributed by atoms with E-state index in [9.17, 15) is 19.2 Å². The van der Waals surface area contributed by atoms with Gasteiger partial charge in [-0.1, -0.05) is 131 Å². The van der Waals surface area contributed by atoms with E-state index >= 15 is 0 Å². The van der Waals surface area contributed by atoms with Crippen molar-refractivity contribution in [2.24, 2.45) is 92.7 Å². The van der Waals surface area contributed by atoms with E-state index in [1.165, 1.54) is 128 Å². The number of amides is 2. The quantitative estimate of drug-likeness (QED) is 0.0196. The number of nitriles is 1. The molecule has 8 rings (SSSR count). The molecule has 6 fully saturated rings. The van der Waals surface area contributed by atoms with Gasteiger partial charge >= 0.3 is 11.9 Å². The van der Waals surface area contributed by atoms with Gasteiger partial charge in [0.05, 0.1) is 45.2 Å². The number of rotatable bonds is 30. The number of hydrogen-bond acceptors (Lipinski definition) is 13. The molecular weight excluding hydrogens is 1210 g/mol. The number of carbonyl (C=O) groups is 4. The fourth-order valence-electron chi connectivity index (χ4n) is 20.6. The van der Waals surface area contributed by atoms with Gasteiger partial charge in [0.1, 0.15) is 12.2 Å². The van der Waals surface area contributed by atoms with E-state index in [4.69, 9.17) is 34.5 Å². The molecule has 15 nitrogen and oxygen atoms in total. The topological polar surface area (TPSA) is 217 Å². The molecule has 0 aromatic rings. The molecule has 0 radical (unpaired) electrons. The molecule has 0 spiro atoms. The fraction of sp³-hybridized carbons (Fsp3) is 0.886. The lowest BCUT2D eigenvalue weighted by Gasteiger charge is -2.58. The molecule has 546 valence electrons. The molecule has 5 N–H and O–H groups in total. The molecule has 95 heavy (non-hydrogen) atoms. The van der Waals surface area contributed by atoms with Gasteiger partial charge in [-0.3, -0.25) is 19.2 Å². The molecule has 9 unspecified atom stereocenters. The van der Waals surface area contributed by atoms with Crippen molar-refractivity contribution in [2.45, 2.75) is 320 Å². The fourth-order valence-corrected chi connectivity index (χ4v) is 22.2. The van der Waals surface area contributed by atoms with Crippen LogP contribution in [0.1, 0.15) is 287 Å². The Hall–Kier alpha value is -2.96. The van der Waals surface area contributed by atoms with E-state index in [-0.39, 0.29) is 125 Å². The molecule has 8 aliphatic carbocycles. The number of nitrogens with one attached hydrogen (secondary N) is 2. The first kappa shape index (κ1) is 76.2. The molecule has 6 saturated carbocycles. The largest absolute Gasteiger partial charge is 0.462 e. The van der Waals surface area contributed by atoms with Crippen LogP contribution in [0.15, 0.2) is 23.3 Å². The smallest absolute Gasteiger partial charge is 0.306 e. The summed E-state index contributed by atoms with van der Waals surface area (Å²) in [5.41, 5.74) is 4.41. The van der Waals surface area contributed by atoms with Crippen molar-refractivity contribution in [1.82, 2.24) is 15.3 Å². The summed E-state index contributed by atoms with van der Waals surface area (Å²) in [6, 6.07) is 1.30. The Morgan fingerprint density at radius 1 is 0.632 bits per heavy atom. The number of carbonyl (C=O) groups excluding carboxylic acids is 4. The van der Waals surface area contributed by atoms with E-state index in [2.05, 4.69) is 141 Å². The lowest BCUT2D eigenvalue weighted by Crippen LogP contribution is -2.51. The third-order valence-electron chi connectivity index (χ3n) is 25.2. The second-order valence-corrected chi connectivity index (χ2v) is 34.3. The number of esters is 2. The summed E-state index contributed by atoms with van der Waals surface area (Å²) >= 11 is 0. The average molecular weight is 1360 g/mol. The maximum atomic E-state index is 13.0. The summed E-state index contributed by atoms with van der Waals surface area (Å²) in [5, 5.41) is 30.6. The number of ether oxygens (including phenoxy) is 2. The molecule has 16 heteroatoms. The molecule has 0 aromatic carbocycles. The minimum atomic E-state index is -1.46. The Balaban J connectivity index is 0.000000341. The highest BCUT2D eigenvalue weighted by atomic mass is 31.2. The Morgan fingerprint density at radius 3 is 1.45 bits per heavy atom. The maximum Gasteiger partial charge on any atom is 0.306 e. The summed E-state index contributed by atoms with van der Waals surface area (Å²) in [5.74, 6) is 8.47. The second kappa shape index (κ2) is 38.7. The van der Waals surface area contributed by atoms with Crippen LogP contribution in [0.4, 0.5) is 0 Å². The van der Waals surface area contributed by atoms with Crippen LogP contribution in [0.3, 0.4) is 0 Å². The molecule has 8 aliphatic rings. The predicted molar refractivity (Wildman–Crippen MR) is 384 cm³/mol. The molecule has 0 heterocycles. The van der Waals surface area contributed by atoms with Crippen LogP contribution in [-0.4, -0.2) is 117 Å². The monoisotopic (exact) mass is 1360 g/mol. The van der Waals surface area contributed by atoms with E-state index in [1.54, 1.807) is 0 Å². The second-order valence-electron chi connectivity index (χ2n) is 32.8. The molecule has 2 amide bonds. The van der Waals surface area contributed by atoms with Crippen LogP contribution in [0, 0.1) is 104 Å². The van der Waals surface area contributed by atoms with Gasteiger partial charge in [-0.2, -0.15) is 5.26 Å². The van der Waals surface area contributed by atoms with Gasteiger partial charge in [-0.25, -0.2) is 4.67 Å². The number of allylic oxidation sites excluding steroid dienone is 2. The zero-order chi connectivity index (χ0) is 73.4.